The van der Waals surface area contributed by atoms with Gasteiger partial charge >= 0.3 is 18.0 Å². The minimum atomic E-state index is -4.62. The van der Waals surface area contributed by atoms with Gasteiger partial charge in [-0.3, -0.25) is 14.5 Å². The predicted molar refractivity (Wildman–Crippen MR) is 103 cm³/mol. The van der Waals surface area contributed by atoms with Gasteiger partial charge in [-0.2, -0.15) is 13.2 Å². The first-order chi connectivity index (χ1) is 13.8. The molecule has 1 heterocycles. The van der Waals surface area contributed by atoms with Crippen molar-refractivity contribution < 1.29 is 22.8 Å². The highest BCUT2D eigenvalue weighted by molar-refractivity contribution is 6.39. The Morgan fingerprint density at radius 1 is 0.931 bits per heavy atom. The van der Waals surface area contributed by atoms with E-state index in [4.69, 9.17) is 0 Å². The molecular weight excluding hydrogens is 383 g/mol. The van der Waals surface area contributed by atoms with Crippen molar-refractivity contribution in [3.8, 4) is 0 Å². The quantitative estimate of drug-likeness (QED) is 0.767. The largest absolute Gasteiger partial charge is 0.418 e. The smallest absolute Gasteiger partial charge is 0.345 e. The molecule has 1 aliphatic rings. The molecule has 2 aromatic rings. The standard InChI is InChI=1S/C21H22F3N3O2/c22-21(23,24)17-8-4-5-9-18(17)26-20(29)19(28)25-16-10-12-27(13-11-16)14-15-6-2-1-3-7-15/h1-9,16H,10-14H2,(H,25,28)(H,26,29). The summed E-state index contributed by atoms with van der Waals surface area (Å²) in [5.74, 6) is -2.03. The lowest BCUT2D eigenvalue weighted by atomic mass is 10.0. The van der Waals surface area contributed by atoms with Gasteiger partial charge in [0, 0.05) is 25.7 Å². The number of hydrogen-bond donors (Lipinski definition) is 2. The molecule has 0 bridgehead atoms. The number of carbonyl (C=O) groups excluding carboxylic acids is 2. The highest BCUT2D eigenvalue weighted by Gasteiger charge is 2.34. The predicted octanol–water partition coefficient (Wildman–Crippen LogP) is 3.42. The molecule has 0 radical (unpaired) electrons. The fraction of sp³-hybridized carbons (Fsp3) is 0.333. The lowest BCUT2D eigenvalue weighted by Gasteiger charge is -2.32. The van der Waals surface area contributed by atoms with E-state index in [0.717, 1.165) is 31.8 Å². The fourth-order valence-electron chi connectivity index (χ4n) is 3.35. The van der Waals surface area contributed by atoms with Crippen LogP contribution in [-0.4, -0.2) is 35.8 Å². The Labute approximate surface area is 166 Å². The number of nitrogens with zero attached hydrogens (tertiary/aromatic N) is 1. The molecule has 1 fully saturated rings. The summed E-state index contributed by atoms with van der Waals surface area (Å²) in [6, 6.07) is 14.4. The summed E-state index contributed by atoms with van der Waals surface area (Å²) >= 11 is 0. The molecule has 0 spiro atoms. The molecule has 29 heavy (non-hydrogen) atoms. The van der Waals surface area contributed by atoms with E-state index in [1.807, 2.05) is 18.2 Å². The van der Waals surface area contributed by atoms with Crippen molar-refractivity contribution in [1.29, 1.82) is 0 Å². The average Bonchev–Trinajstić information content (AvgIpc) is 2.70. The van der Waals surface area contributed by atoms with Crippen LogP contribution in [0.2, 0.25) is 0 Å². The van der Waals surface area contributed by atoms with Crippen molar-refractivity contribution in [2.75, 3.05) is 18.4 Å². The SMILES string of the molecule is O=C(Nc1ccccc1C(F)(F)F)C(=O)NC1CCN(Cc2ccccc2)CC1. The summed E-state index contributed by atoms with van der Waals surface area (Å²) in [7, 11) is 0. The third-order valence-electron chi connectivity index (χ3n) is 4.86. The van der Waals surface area contributed by atoms with Crippen molar-refractivity contribution in [3.05, 3.63) is 65.7 Å². The van der Waals surface area contributed by atoms with Gasteiger partial charge in [0.05, 0.1) is 11.3 Å². The number of alkyl halides is 3. The Balaban J connectivity index is 1.49. The Kier molecular flexibility index (Phi) is 6.53. The van der Waals surface area contributed by atoms with Crippen LogP contribution in [0.15, 0.2) is 54.6 Å². The fourth-order valence-corrected chi connectivity index (χ4v) is 3.35. The number of piperidine rings is 1. The van der Waals surface area contributed by atoms with Crippen LogP contribution in [-0.2, 0) is 22.3 Å². The minimum absolute atomic E-state index is 0.182. The normalized spacial score (nSPS) is 15.7. The molecule has 1 aliphatic heterocycles. The average molecular weight is 405 g/mol. The van der Waals surface area contributed by atoms with Gasteiger partial charge in [-0.25, -0.2) is 0 Å². The summed E-state index contributed by atoms with van der Waals surface area (Å²) in [5, 5.41) is 4.69. The maximum atomic E-state index is 13.0. The first kappa shape index (κ1) is 20.9. The number of halogens is 3. The lowest BCUT2D eigenvalue weighted by Crippen LogP contribution is -2.47. The molecule has 8 heteroatoms. The van der Waals surface area contributed by atoms with Crippen molar-refractivity contribution >= 4 is 17.5 Å². The second-order valence-corrected chi connectivity index (χ2v) is 7.01. The van der Waals surface area contributed by atoms with Crippen LogP contribution < -0.4 is 10.6 Å². The number of nitrogens with one attached hydrogen (secondary N) is 2. The van der Waals surface area contributed by atoms with E-state index in [0.29, 0.717) is 12.8 Å². The van der Waals surface area contributed by atoms with Crippen LogP contribution in [0, 0.1) is 0 Å². The summed E-state index contributed by atoms with van der Waals surface area (Å²) < 4.78 is 39.0. The molecule has 0 saturated carbocycles. The Bertz CT molecular complexity index is 848. The minimum Gasteiger partial charge on any atom is -0.345 e. The lowest BCUT2D eigenvalue weighted by molar-refractivity contribution is -0.138. The van der Waals surface area contributed by atoms with Crippen LogP contribution in [0.5, 0.6) is 0 Å². The second kappa shape index (κ2) is 9.09. The summed E-state index contributed by atoms with van der Waals surface area (Å²) in [5.41, 5.74) is -0.217. The molecule has 2 N–H and O–H groups in total. The Morgan fingerprint density at radius 3 is 2.21 bits per heavy atom. The molecule has 0 aromatic heterocycles. The van der Waals surface area contributed by atoms with Crippen LogP contribution >= 0.6 is 0 Å². The molecule has 2 amide bonds. The first-order valence-electron chi connectivity index (χ1n) is 9.37. The van der Waals surface area contributed by atoms with E-state index in [9.17, 15) is 22.8 Å². The number of carbonyl (C=O) groups is 2. The molecule has 0 unspecified atom stereocenters. The number of benzene rings is 2. The van der Waals surface area contributed by atoms with Crippen LogP contribution in [0.25, 0.3) is 0 Å². The van der Waals surface area contributed by atoms with E-state index in [2.05, 4.69) is 27.7 Å². The number of anilines is 1. The van der Waals surface area contributed by atoms with Gasteiger partial charge in [0.15, 0.2) is 0 Å². The molecule has 0 atom stereocenters. The van der Waals surface area contributed by atoms with Crippen molar-refractivity contribution in [2.45, 2.75) is 31.6 Å². The van der Waals surface area contributed by atoms with Crippen molar-refractivity contribution in [2.24, 2.45) is 0 Å². The van der Waals surface area contributed by atoms with Crippen LogP contribution in [0.3, 0.4) is 0 Å². The van der Waals surface area contributed by atoms with Gasteiger partial charge < -0.3 is 10.6 Å². The summed E-state index contributed by atoms with van der Waals surface area (Å²) in [6.45, 7) is 2.34. The Morgan fingerprint density at radius 2 is 1.55 bits per heavy atom. The van der Waals surface area contributed by atoms with Gasteiger partial charge in [0.25, 0.3) is 0 Å². The zero-order valence-corrected chi connectivity index (χ0v) is 15.7. The number of rotatable bonds is 4. The topological polar surface area (TPSA) is 61.4 Å². The maximum Gasteiger partial charge on any atom is 0.418 e. The van der Waals surface area contributed by atoms with Gasteiger partial charge in [-0.05, 0) is 30.5 Å². The van der Waals surface area contributed by atoms with Gasteiger partial charge in [0.1, 0.15) is 0 Å². The monoisotopic (exact) mass is 405 g/mol. The van der Waals surface area contributed by atoms with E-state index in [1.54, 1.807) is 0 Å². The van der Waals surface area contributed by atoms with Crippen LogP contribution in [0.1, 0.15) is 24.0 Å². The van der Waals surface area contributed by atoms with E-state index < -0.39 is 29.2 Å². The number of amides is 2. The van der Waals surface area contributed by atoms with Gasteiger partial charge in [-0.15, -0.1) is 0 Å². The zero-order valence-electron chi connectivity index (χ0n) is 15.7. The summed E-state index contributed by atoms with van der Waals surface area (Å²) in [6.07, 6.45) is -3.28. The number of hydrogen-bond acceptors (Lipinski definition) is 3. The zero-order chi connectivity index (χ0) is 20.9. The molecule has 5 nitrogen and oxygen atoms in total. The van der Waals surface area contributed by atoms with E-state index in [1.165, 1.54) is 17.7 Å². The molecule has 2 aromatic carbocycles. The highest BCUT2D eigenvalue weighted by Crippen LogP contribution is 2.34. The second-order valence-electron chi connectivity index (χ2n) is 7.01. The maximum absolute atomic E-state index is 13.0. The van der Waals surface area contributed by atoms with E-state index >= 15 is 0 Å². The van der Waals surface area contributed by atoms with Gasteiger partial charge in [0.2, 0.25) is 0 Å². The molecule has 0 aliphatic carbocycles. The van der Waals surface area contributed by atoms with Crippen molar-refractivity contribution in [3.63, 3.8) is 0 Å². The van der Waals surface area contributed by atoms with E-state index in [-0.39, 0.29) is 6.04 Å². The van der Waals surface area contributed by atoms with Crippen molar-refractivity contribution in [1.82, 2.24) is 10.2 Å². The molecule has 154 valence electrons. The Hall–Kier alpha value is -2.87. The molecule has 1 saturated heterocycles. The molecular formula is C21H22F3N3O2. The summed E-state index contributed by atoms with van der Waals surface area (Å²) in [4.78, 5) is 26.5. The first-order valence-corrected chi connectivity index (χ1v) is 9.37. The van der Waals surface area contributed by atoms with Gasteiger partial charge in [-0.1, -0.05) is 42.5 Å². The highest BCUT2D eigenvalue weighted by atomic mass is 19.4. The molecule has 3 rings (SSSR count). The number of likely N-dealkylation sites (tertiary alicyclic amines) is 1. The number of para-hydroxylation sites is 1. The van der Waals surface area contributed by atoms with Crippen LogP contribution in [0.4, 0.5) is 18.9 Å². The third-order valence-corrected chi connectivity index (χ3v) is 4.86. The third kappa shape index (κ3) is 5.80.